The van der Waals surface area contributed by atoms with E-state index in [0.717, 1.165) is 11.1 Å². The molecule has 19 heavy (non-hydrogen) atoms. The highest BCUT2D eigenvalue weighted by Gasteiger charge is 2.09. The number of nitrogens with zero attached hydrogens (tertiary/aromatic N) is 1. The van der Waals surface area contributed by atoms with Crippen LogP contribution < -0.4 is 5.11 Å². The topological polar surface area (TPSA) is 52.5 Å². The third kappa shape index (κ3) is 3.28. The van der Waals surface area contributed by atoms with Gasteiger partial charge in [-0.3, -0.25) is 4.99 Å². The number of aliphatic imine (C=N–C) groups is 1. The predicted octanol–water partition coefficient (Wildman–Crippen LogP) is 1.66. The van der Waals surface area contributed by atoms with E-state index in [1.54, 1.807) is 0 Å². The number of hydrogen-bond acceptors (Lipinski definition) is 3. The number of benzene rings is 2. The highest BCUT2D eigenvalue weighted by atomic mass is 16.4. The third-order valence-electron chi connectivity index (χ3n) is 2.76. The number of carbonyl (C=O) groups excluding carboxylic acids is 1. The fourth-order valence-corrected chi connectivity index (χ4v) is 1.75. The molecule has 0 aromatic heterocycles. The van der Waals surface area contributed by atoms with Crippen LogP contribution in [0.15, 0.2) is 65.7 Å². The molecule has 0 aliphatic heterocycles. The Morgan fingerprint density at radius 2 is 1.37 bits per heavy atom. The lowest BCUT2D eigenvalue weighted by molar-refractivity contribution is -0.306. The summed E-state index contributed by atoms with van der Waals surface area (Å²) in [5.41, 5.74) is 2.45. The smallest absolute Gasteiger partial charge is 0.0872 e. The van der Waals surface area contributed by atoms with Crippen LogP contribution in [-0.2, 0) is 4.79 Å². The summed E-state index contributed by atoms with van der Waals surface area (Å²) in [6.45, 7) is 1.52. The number of carboxylic acid groups (broad SMARTS) is 1. The van der Waals surface area contributed by atoms with Crippen LogP contribution in [0.2, 0.25) is 0 Å². The molecule has 0 fully saturated rings. The van der Waals surface area contributed by atoms with E-state index in [1.807, 2.05) is 60.7 Å². The zero-order valence-corrected chi connectivity index (χ0v) is 10.6. The molecule has 2 rings (SSSR count). The lowest BCUT2D eigenvalue weighted by Crippen LogP contribution is -2.33. The summed E-state index contributed by atoms with van der Waals surface area (Å²) < 4.78 is 0. The number of carbonyl (C=O) groups is 1. The Morgan fingerprint density at radius 3 is 1.74 bits per heavy atom. The van der Waals surface area contributed by atoms with Gasteiger partial charge in [0.25, 0.3) is 0 Å². The van der Waals surface area contributed by atoms with Crippen molar-refractivity contribution in [1.82, 2.24) is 0 Å². The van der Waals surface area contributed by atoms with Crippen LogP contribution in [-0.4, -0.2) is 17.7 Å². The van der Waals surface area contributed by atoms with Gasteiger partial charge in [0.1, 0.15) is 0 Å². The van der Waals surface area contributed by atoms with Gasteiger partial charge in [-0.05, 0) is 6.92 Å². The van der Waals surface area contributed by atoms with Crippen LogP contribution >= 0.6 is 0 Å². The Labute approximate surface area is 112 Å². The molecule has 1 atom stereocenters. The molecule has 0 heterocycles. The Kier molecular flexibility index (Phi) is 4.08. The van der Waals surface area contributed by atoms with Gasteiger partial charge in [0, 0.05) is 11.1 Å². The van der Waals surface area contributed by atoms with Gasteiger partial charge in [-0.1, -0.05) is 60.7 Å². The largest absolute Gasteiger partial charge is 0.548 e. The molecule has 0 radical (unpaired) electrons. The number of aliphatic carboxylic acids is 1. The molecule has 2 aromatic carbocycles. The molecule has 1 unspecified atom stereocenters. The second kappa shape index (κ2) is 5.96. The molecule has 3 nitrogen and oxygen atoms in total. The summed E-state index contributed by atoms with van der Waals surface area (Å²) in [6.07, 6.45) is 0. The summed E-state index contributed by atoms with van der Waals surface area (Å²) >= 11 is 0. The zero-order chi connectivity index (χ0) is 13.7. The molecule has 0 aliphatic rings. The van der Waals surface area contributed by atoms with Crippen LogP contribution in [0.25, 0.3) is 0 Å². The van der Waals surface area contributed by atoms with E-state index in [2.05, 4.69) is 4.99 Å². The SMILES string of the molecule is CC(N=C(c1ccccc1)c1ccccc1)C(=O)[O-]. The second-order valence-electron chi connectivity index (χ2n) is 4.20. The van der Waals surface area contributed by atoms with Gasteiger partial charge in [0.2, 0.25) is 0 Å². The van der Waals surface area contributed by atoms with E-state index in [1.165, 1.54) is 6.92 Å². The van der Waals surface area contributed by atoms with Crippen molar-refractivity contribution in [3.8, 4) is 0 Å². The highest BCUT2D eigenvalue weighted by molar-refractivity contribution is 6.13. The summed E-state index contributed by atoms with van der Waals surface area (Å²) in [5, 5.41) is 10.9. The van der Waals surface area contributed by atoms with Crippen molar-refractivity contribution in [2.45, 2.75) is 13.0 Å². The summed E-state index contributed by atoms with van der Waals surface area (Å²) in [6, 6.07) is 18.2. The standard InChI is InChI=1S/C16H15NO2/c1-12(16(18)19)17-15(13-8-4-2-5-9-13)14-10-6-3-7-11-14/h2-12H,1H3,(H,18,19)/p-1. The molecule has 96 valence electrons. The first-order valence-electron chi connectivity index (χ1n) is 6.08. The van der Waals surface area contributed by atoms with Gasteiger partial charge in [0.05, 0.1) is 17.7 Å². The molecular weight excluding hydrogens is 238 g/mol. The fraction of sp³-hybridized carbons (Fsp3) is 0.125. The van der Waals surface area contributed by atoms with Crippen molar-refractivity contribution in [3.05, 3.63) is 71.8 Å². The molecule has 3 heteroatoms. The van der Waals surface area contributed by atoms with Gasteiger partial charge in [-0.15, -0.1) is 0 Å². The zero-order valence-electron chi connectivity index (χ0n) is 10.6. The minimum absolute atomic E-state index is 0.665. The molecule has 0 bridgehead atoms. The summed E-state index contributed by atoms with van der Waals surface area (Å²) in [4.78, 5) is 15.2. The summed E-state index contributed by atoms with van der Waals surface area (Å²) in [7, 11) is 0. The minimum atomic E-state index is -1.18. The first kappa shape index (κ1) is 13.0. The van der Waals surface area contributed by atoms with Crippen molar-refractivity contribution in [3.63, 3.8) is 0 Å². The van der Waals surface area contributed by atoms with Crippen LogP contribution in [0.3, 0.4) is 0 Å². The molecule has 0 saturated carbocycles. The summed E-state index contributed by atoms with van der Waals surface area (Å²) in [5.74, 6) is -1.18. The predicted molar refractivity (Wildman–Crippen MR) is 73.0 cm³/mol. The van der Waals surface area contributed by atoms with Crippen molar-refractivity contribution in [2.75, 3.05) is 0 Å². The van der Waals surface area contributed by atoms with Gasteiger partial charge in [0.15, 0.2) is 0 Å². The quantitative estimate of drug-likeness (QED) is 0.777. The Hall–Kier alpha value is -2.42. The lowest BCUT2D eigenvalue weighted by Gasteiger charge is -2.12. The van der Waals surface area contributed by atoms with E-state index in [4.69, 9.17) is 0 Å². The van der Waals surface area contributed by atoms with Crippen LogP contribution in [0.5, 0.6) is 0 Å². The average molecular weight is 252 g/mol. The minimum Gasteiger partial charge on any atom is -0.548 e. The maximum absolute atomic E-state index is 10.9. The van der Waals surface area contributed by atoms with Crippen LogP contribution in [0.4, 0.5) is 0 Å². The van der Waals surface area contributed by atoms with Gasteiger partial charge < -0.3 is 9.90 Å². The van der Waals surface area contributed by atoms with Crippen LogP contribution in [0, 0.1) is 0 Å². The Balaban J connectivity index is 2.49. The maximum atomic E-state index is 10.9. The van der Waals surface area contributed by atoms with Crippen molar-refractivity contribution in [2.24, 2.45) is 4.99 Å². The van der Waals surface area contributed by atoms with E-state index in [9.17, 15) is 9.90 Å². The first-order chi connectivity index (χ1) is 9.18. The van der Waals surface area contributed by atoms with Gasteiger partial charge >= 0.3 is 0 Å². The van der Waals surface area contributed by atoms with E-state index < -0.39 is 12.0 Å². The molecular formula is C16H14NO2-. The molecule has 0 N–H and O–H groups in total. The Bertz CT molecular complexity index is 535. The maximum Gasteiger partial charge on any atom is 0.0872 e. The number of carboxylic acids is 1. The van der Waals surface area contributed by atoms with E-state index in [-0.39, 0.29) is 0 Å². The van der Waals surface area contributed by atoms with E-state index in [0.29, 0.717) is 5.71 Å². The average Bonchev–Trinajstić information content (AvgIpc) is 2.46. The first-order valence-corrected chi connectivity index (χ1v) is 6.08. The normalized spacial score (nSPS) is 11.6. The molecule has 0 amide bonds. The fourth-order valence-electron chi connectivity index (χ4n) is 1.75. The van der Waals surface area contributed by atoms with Crippen molar-refractivity contribution >= 4 is 11.7 Å². The van der Waals surface area contributed by atoms with E-state index >= 15 is 0 Å². The highest BCUT2D eigenvalue weighted by Crippen LogP contribution is 2.12. The molecule has 0 spiro atoms. The monoisotopic (exact) mass is 252 g/mol. The lowest BCUT2D eigenvalue weighted by atomic mass is 10.0. The third-order valence-corrected chi connectivity index (χ3v) is 2.76. The molecule has 0 aliphatic carbocycles. The van der Waals surface area contributed by atoms with Gasteiger partial charge in [-0.2, -0.15) is 0 Å². The van der Waals surface area contributed by atoms with Crippen molar-refractivity contribution in [1.29, 1.82) is 0 Å². The van der Waals surface area contributed by atoms with Crippen molar-refractivity contribution < 1.29 is 9.90 Å². The van der Waals surface area contributed by atoms with Gasteiger partial charge in [-0.25, -0.2) is 0 Å². The molecule has 0 saturated heterocycles. The number of rotatable bonds is 4. The van der Waals surface area contributed by atoms with Crippen LogP contribution in [0.1, 0.15) is 18.1 Å². The Morgan fingerprint density at radius 1 is 0.947 bits per heavy atom. The number of hydrogen-bond donors (Lipinski definition) is 0. The second-order valence-corrected chi connectivity index (χ2v) is 4.20. The molecule has 2 aromatic rings.